The van der Waals surface area contributed by atoms with Crippen molar-refractivity contribution in [1.82, 2.24) is 21.3 Å². The monoisotopic (exact) mass is 1010 g/mol. The van der Waals surface area contributed by atoms with Crippen LogP contribution in [0.4, 0.5) is 19.2 Å². The number of hydrogen-bond acceptors (Lipinski definition) is 14. The third kappa shape index (κ3) is 20.6. The van der Waals surface area contributed by atoms with Crippen molar-refractivity contribution in [3.63, 3.8) is 0 Å². The van der Waals surface area contributed by atoms with Crippen molar-refractivity contribution in [3.8, 4) is 23.0 Å². The molecule has 0 saturated carbocycles. The van der Waals surface area contributed by atoms with Gasteiger partial charge in [-0.05, 0) is 141 Å². The number of alkyl carbamates (subject to hydrolysis) is 4. The summed E-state index contributed by atoms with van der Waals surface area (Å²) in [5.41, 5.74) is 2.56. The van der Waals surface area contributed by atoms with Crippen LogP contribution in [0.15, 0.2) is 82.8 Å². The maximum atomic E-state index is 12.7. The second-order valence-corrected chi connectivity index (χ2v) is 21.2. The average Bonchev–Trinajstić information content (AvgIpc) is 3.22. The van der Waals surface area contributed by atoms with Gasteiger partial charge in [0, 0.05) is 19.3 Å². The summed E-state index contributed by atoms with van der Waals surface area (Å²) in [6.45, 7) is 24.3. The van der Waals surface area contributed by atoms with Crippen LogP contribution < -0.4 is 30.7 Å². The van der Waals surface area contributed by atoms with Crippen molar-refractivity contribution in [2.45, 2.75) is 139 Å². The number of rotatable bonds is 14. The summed E-state index contributed by atoms with van der Waals surface area (Å²) in [6, 6.07) is 22.5. The molecule has 4 rings (SSSR count). The summed E-state index contributed by atoms with van der Waals surface area (Å²) in [5, 5.41) is 32.8. The standard InChI is InChI=1S/C55H74N6O12/c1-34-19-15-21-36(42(34)62)31-40-25-18-26-41(45(40)69-30-28-57-47(60-50(66)72-54(9,10)11)61-51(67)73-55(12,13)14)33-38-23-17-22-37(43(38)63)32-39-24-16-20-35(2)44(39)68-29-27-56-46(58-48(64)70-52(3,4)5)59-49(65)71-53(6,7)8/h15-26,62-63H,27-33H2,1-14H3,(H2,56,58,59,64,65)(H2,57,60,61,66,67). The van der Waals surface area contributed by atoms with Gasteiger partial charge in [-0.25, -0.2) is 29.2 Å². The second kappa shape index (κ2) is 25.2. The van der Waals surface area contributed by atoms with Crippen molar-refractivity contribution in [1.29, 1.82) is 0 Å². The Balaban J connectivity index is 1.60. The molecule has 0 radical (unpaired) electrons. The number of hydrogen-bond donors (Lipinski definition) is 6. The minimum atomic E-state index is -0.831. The normalized spacial score (nSPS) is 11.6. The maximum absolute atomic E-state index is 12.7. The molecule has 0 aromatic heterocycles. The van der Waals surface area contributed by atoms with E-state index < -0.39 is 46.8 Å². The number of phenolic OH excluding ortho intramolecular Hbond substituents is 2. The first-order chi connectivity index (χ1) is 33.9. The molecule has 4 amide bonds. The van der Waals surface area contributed by atoms with Gasteiger partial charge in [-0.3, -0.25) is 21.3 Å². The van der Waals surface area contributed by atoms with Gasteiger partial charge in [0.25, 0.3) is 0 Å². The quantitative estimate of drug-likeness (QED) is 0.0300. The van der Waals surface area contributed by atoms with Crippen LogP contribution >= 0.6 is 0 Å². The molecule has 18 nitrogen and oxygen atoms in total. The van der Waals surface area contributed by atoms with Gasteiger partial charge >= 0.3 is 24.4 Å². The average molecular weight is 1010 g/mol. The molecule has 0 aliphatic heterocycles. The van der Waals surface area contributed by atoms with E-state index in [0.29, 0.717) is 41.0 Å². The van der Waals surface area contributed by atoms with E-state index in [9.17, 15) is 29.4 Å². The Hall–Kier alpha value is -7.50. The molecular formula is C55H74N6O12. The predicted octanol–water partition coefficient (Wildman–Crippen LogP) is 10.1. The van der Waals surface area contributed by atoms with Crippen LogP contribution in [0.5, 0.6) is 23.0 Å². The van der Waals surface area contributed by atoms with Crippen LogP contribution in [-0.4, -0.2) is 95.2 Å². The van der Waals surface area contributed by atoms with E-state index in [0.717, 1.165) is 27.8 Å². The largest absolute Gasteiger partial charge is 0.507 e. The number of benzene rings is 4. The van der Waals surface area contributed by atoms with Gasteiger partial charge < -0.3 is 38.6 Å². The number of aromatic hydroxyl groups is 2. The Kier molecular flexibility index (Phi) is 20.1. The minimum absolute atomic E-state index is 0.00536. The number of carbonyl (C=O) groups excluding carboxylic acids is 4. The summed E-state index contributed by atoms with van der Waals surface area (Å²) in [7, 11) is 0. The lowest BCUT2D eigenvalue weighted by Gasteiger charge is -2.22. The van der Waals surface area contributed by atoms with E-state index in [-0.39, 0.29) is 56.1 Å². The predicted molar refractivity (Wildman–Crippen MR) is 280 cm³/mol. The molecular weight excluding hydrogens is 937 g/mol. The summed E-state index contributed by atoms with van der Waals surface area (Å²) in [6.07, 6.45) is -2.41. The third-order valence-corrected chi connectivity index (χ3v) is 9.83. The number of aryl methyl sites for hydroxylation is 2. The molecule has 0 fully saturated rings. The van der Waals surface area contributed by atoms with E-state index in [1.807, 2.05) is 86.6 Å². The molecule has 73 heavy (non-hydrogen) atoms. The van der Waals surface area contributed by atoms with Crippen LogP contribution in [0.1, 0.15) is 128 Å². The Morgan fingerprint density at radius 3 is 1.07 bits per heavy atom. The van der Waals surface area contributed by atoms with Crippen LogP contribution in [0.25, 0.3) is 0 Å². The molecule has 0 atom stereocenters. The lowest BCUT2D eigenvalue weighted by molar-refractivity contribution is 0.0521. The lowest BCUT2D eigenvalue weighted by atomic mass is 9.94. The van der Waals surface area contributed by atoms with Gasteiger partial charge in [0.15, 0.2) is 0 Å². The first-order valence-corrected chi connectivity index (χ1v) is 24.1. The fourth-order valence-corrected chi connectivity index (χ4v) is 7.00. The van der Waals surface area contributed by atoms with Gasteiger partial charge in [-0.15, -0.1) is 0 Å². The Bertz CT molecular complexity index is 2570. The fourth-order valence-electron chi connectivity index (χ4n) is 7.00. The van der Waals surface area contributed by atoms with E-state index in [1.54, 1.807) is 83.1 Å². The fraction of sp³-hybridized carbons (Fsp3) is 0.455. The number of nitrogens with one attached hydrogen (secondary N) is 4. The molecule has 0 saturated heterocycles. The van der Waals surface area contributed by atoms with Gasteiger partial charge in [-0.2, -0.15) is 0 Å². The topological polar surface area (TPSA) is 237 Å². The number of nitrogens with zero attached hydrogens (tertiary/aromatic N) is 2. The van der Waals surface area contributed by atoms with Crippen molar-refractivity contribution < 1.29 is 57.8 Å². The number of guanidine groups is 2. The Morgan fingerprint density at radius 1 is 0.425 bits per heavy atom. The van der Waals surface area contributed by atoms with Crippen molar-refractivity contribution in [2.24, 2.45) is 9.98 Å². The minimum Gasteiger partial charge on any atom is -0.507 e. The third-order valence-electron chi connectivity index (χ3n) is 9.83. The highest BCUT2D eigenvalue weighted by Gasteiger charge is 2.24. The summed E-state index contributed by atoms with van der Waals surface area (Å²) in [5.74, 6) is 0.968. The van der Waals surface area contributed by atoms with Crippen molar-refractivity contribution >= 4 is 36.3 Å². The molecule has 18 heteroatoms. The van der Waals surface area contributed by atoms with Crippen LogP contribution in [0, 0.1) is 13.8 Å². The molecule has 4 aromatic rings. The second-order valence-electron chi connectivity index (χ2n) is 21.2. The van der Waals surface area contributed by atoms with Gasteiger partial charge in [0.05, 0.1) is 13.1 Å². The van der Waals surface area contributed by atoms with Gasteiger partial charge in [0.2, 0.25) is 11.9 Å². The molecule has 0 unspecified atom stereocenters. The van der Waals surface area contributed by atoms with Crippen molar-refractivity contribution in [2.75, 3.05) is 26.3 Å². The Labute approximate surface area is 429 Å². The number of ether oxygens (including phenoxy) is 6. The molecule has 0 bridgehead atoms. The first kappa shape index (κ1) is 58.1. The Morgan fingerprint density at radius 2 is 0.712 bits per heavy atom. The zero-order valence-corrected chi connectivity index (χ0v) is 44.7. The highest BCUT2D eigenvalue weighted by Crippen LogP contribution is 2.36. The maximum Gasteiger partial charge on any atom is 0.414 e. The summed E-state index contributed by atoms with van der Waals surface area (Å²) in [4.78, 5) is 59.5. The van der Waals surface area contributed by atoms with Crippen LogP contribution in [0.3, 0.4) is 0 Å². The number of aliphatic imine (C=N–C) groups is 2. The zero-order chi connectivity index (χ0) is 54.3. The lowest BCUT2D eigenvalue weighted by Crippen LogP contribution is -2.47. The first-order valence-electron chi connectivity index (χ1n) is 24.1. The number of para-hydroxylation sites is 4. The highest BCUT2D eigenvalue weighted by atomic mass is 16.6. The molecule has 4 aromatic carbocycles. The zero-order valence-electron chi connectivity index (χ0n) is 44.7. The van der Waals surface area contributed by atoms with Crippen molar-refractivity contribution in [3.05, 3.63) is 117 Å². The number of amides is 4. The molecule has 0 heterocycles. The van der Waals surface area contributed by atoms with Gasteiger partial charge in [-0.1, -0.05) is 72.8 Å². The van der Waals surface area contributed by atoms with Crippen LogP contribution in [0.2, 0.25) is 0 Å². The summed E-state index contributed by atoms with van der Waals surface area (Å²) >= 11 is 0. The van der Waals surface area contributed by atoms with E-state index in [1.165, 1.54) is 0 Å². The van der Waals surface area contributed by atoms with Crippen LogP contribution in [-0.2, 0) is 38.2 Å². The smallest absolute Gasteiger partial charge is 0.414 e. The number of carbonyl (C=O) groups is 4. The van der Waals surface area contributed by atoms with E-state index in [4.69, 9.17) is 28.4 Å². The van der Waals surface area contributed by atoms with E-state index >= 15 is 0 Å². The number of phenols is 2. The van der Waals surface area contributed by atoms with E-state index in [2.05, 4.69) is 31.3 Å². The highest BCUT2D eigenvalue weighted by molar-refractivity contribution is 6.02. The summed E-state index contributed by atoms with van der Waals surface area (Å²) < 4.78 is 34.3. The molecule has 0 aliphatic carbocycles. The molecule has 0 aliphatic rings. The molecule has 6 N–H and O–H groups in total. The molecule has 396 valence electrons. The van der Waals surface area contributed by atoms with Gasteiger partial charge in [0.1, 0.15) is 58.6 Å². The molecule has 0 spiro atoms. The SMILES string of the molecule is Cc1cccc(Cc2cccc(Cc3cccc(Cc4cccc(C)c4OCCN=C(NC(=O)OC(C)(C)C)NC(=O)OC(C)(C)C)c3O)c2OCCN=C(NC(=O)OC(C)(C)C)NC(=O)OC(C)(C)C)c1O.